The Morgan fingerprint density at radius 3 is 2.71 bits per heavy atom. The molecule has 21 heavy (non-hydrogen) atoms. The fourth-order valence-electron chi connectivity index (χ4n) is 1.98. The summed E-state index contributed by atoms with van der Waals surface area (Å²) in [6.45, 7) is 5.48. The third-order valence-electron chi connectivity index (χ3n) is 2.77. The van der Waals surface area contributed by atoms with Crippen LogP contribution in [0.3, 0.4) is 0 Å². The lowest BCUT2D eigenvalue weighted by Crippen LogP contribution is -2.59. The Bertz CT molecular complexity index is 433. The Kier molecular flexibility index (Phi) is 5.30. The number of likely N-dealkylation sites (tertiary alicyclic amines) is 1. The number of ether oxygens (including phenoxy) is 1. The molecule has 4 N–H and O–H groups in total. The number of aliphatic hydroxyl groups is 1. The maximum absolute atomic E-state index is 11.7. The van der Waals surface area contributed by atoms with Gasteiger partial charge in [0.05, 0.1) is 6.04 Å². The van der Waals surface area contributed by atoms with Crippen molar-refractivity contribution >= 4 is 12.1 Å². The van der Waals surface area contributed by atoms with Crippen LogP contribution in [0, 0.1) is 10.1 Å². The van der Waals surface area contributed by atoms with Crippen LogP contribution in [0.4, 0.5) is 4.79 Å². The summed E-state index contributed by atoms with van der Waals surface area (Å²) in [7, 11) is 0. The van der Waals surface area contributed by atoms with Crippen LogP contribution in [0.2, 0.25) is 0 Å². The molecule has 2 unspecified atom stereocenters. The molecule has 1 fully saturated rings. The van der Waals surface area contributed by atoms with Crippen molar-refractivity contribution in [1.29, 1.82) is 0 Å². The van der Waals surface area contributed by atoms with Crippen LogP contribution in [0.25, 0.3) is 0 Å². The van der Waals surface area contributed by atoms with E-state index in [4.69, 9.17) is 10.5 Å². The van der Waals surface area contributed by atoms with Gasteiger partial charge in [0.2, 0.25) is 0 Å². The summed E-state index contributed by atoms with van der Waals surface area (Å²) >= 11 is 0. The molecule has 1 rings (SSSR count). The molecule has 120 valence electrons. The van der Waals surface area contributed by atoms with Gasteiger partial charge in [-0.05, 0) is 33.6 Å². The fraction of sp³-hybridized carbons (Fsp3) is 0.818. The Labute approximate surface area is 122 Å². The molecule has 0 bridgehead atoms. The van der Waals surface area contributed by atoms with Crippen molar-refractivity contribution in [3.05, 3.63) is 10.1 Å². The van der Waals surface area contributed by atoms with E-state index in [1.54, 1.807) is 20.8 Å². The summed E-state index contributed by atoms with van der Waals surface area (Å²) in [6.07, 6.45) is -0.776. The van der Waals surface area contributed by atoms with Gasteiger partial charge in [-0.15, -0.1) is 0 Å². The van der Waals surface area contributed by atoms with Crippen molar-refractivity contribution in [1.82, 2.24) is 10.2 Å². The molecule has 0 aliphatic carbocycles. The first-order valence-electron chi connectivity index (χ1n) is 6.53. The molecule has 0 radical (unpaired) electrons. The molecule has 0 aromatic carbocycles. The lowest BCUT2D eigenvalue weighted by Gasteiger charge is -2.38. The van der Waals surface area contributed by atoms with Crippen LogP contribution in [-0.4, -0.2) is 51.5 Å². The molecule has 0 aromatic heterocycles. The molecule has 1 amide bonds. The topological polar surface area (TPSA) is 143 Å². The predicted octanol–water partition coefficient (Wildman–Crippen LogP) is -0.200. The summed E-state index contributed by atoms with van der Waals surface area (Å²) in [5.41, 5.74) is 4.81. The van der Waals surface area contributed by atoms with Gasteiger partial charge in [-0.3, -0.25) is 0 Å². The molecular formula is C11H21N5O5. The highest BCUT2D eigenvalue weighted by Gasteiger charge is 2.34. The number of guanidine groups is 1. The third kappa shape index (κ3) is 5.42. The number of amides is 1. The first-order valence-corrected chi connectivity index (χ1v) is 6.53. The molecule has 1 aliphatic rings. The Morgan fingerprint density at radius 2 is 2.19 bits per heavy atom. The zero-order valence-electron chi connectivity index (χ0n) is 12.3. The number of hydrogen-bond acceptors (Lipinski definition) is 5. The second kappa shape index (κ2) is 6.57. The standard InChI is InChI=1S/C11H21N5O5/c1-11(2,3)21-10(18)13-7-5-4-6-15(8(7)17)9(12)14-16(19)20/h7-8,17H,4-6H2,1-3H3,(H2,12,14)(H,13,18). The first-order chi connectivity index (χ1) is 9.60. The molecule has 1 heterocycles. The molecule has 10 heteroatoms. The van der Waals surface area contributed by atoms with E-state index in [2.05, 4.69) is 10.4 Å². The summed E-state index contributed by atoms with van der Waals surface area (Å²) in [5, 5.41) is 25.0. The summed E-state index contributed by atoms with van der Waals surface area (Å²) in [4.78, 5) is 23.2. The van der Waals surface area contributed by atoms with E-state index in [1.165, 1.54) is 4.90 Å². The van der Waals surface area contributed by atoms with Gasteiger partial charge in [0.15, 0.2) is 5.03 Å². The van der Waals surface area contributed by atoms with Crippen LogP contribution < -0.4 is 11.1 Å². The van der Waals surface area contributed by atoms with Crippen LogP contribution >= 0.6 is 0 Å². The molecule has 0 saturated carbocycles. The van der Waals surface area contributed by atoms with Crippen LogP contribution in [0.1, 0.15) is 33.6 Å². The van der Waals surface area contributed by atoms with E-state index < -0.39 is 35.0 Å². The fourth-order valence-corrected chi connectivity index (χ4v) is 1.98. The molecule has 0 spiro atoms. The Balaban J connectivity index is 2.69. The molecule has 1 saturated heterocycles. The second-order valence-electron chi connectivity index (χ2n) is 5.70. The highest BCUT2D eigenvalue weighted by Crippen LogP contribution is 2.16. The minimum Gasteiger partial charge on any atom is -0.444 e. The molecule has 2 atom stereocenters. The number of rotatable bonds is 2. The van der Waals surface area contributed by atoms with Gasteiger partial charge in [-0.1, -0.05) is 0 Å². The summed E-state index contributed by atoms with van der Waals surface area (Å²) < 4.78 is 5.10. The van der Waals surface area contributed by atoms with Crippen molar-refractivity contribution in [3.8, 4) is 0 Å². The lowest BCUT2D eigenvalue weighted by atomic mass is 10.0. The second-order valence-corrected chi connectivity index (χ2v) is 5.70. The van der Waals surface area contributed by atoms with Crippen LogP contribution in [0.5, 0.6) is 0 Å². The maximum atomic E-state index is 11.7. The minimum absolute atomic E-state index is 0.316. The zero-order chi connectivity index (χ0) is 16.2. The number of nitrogens with zero attached hydrogens (tertiary/aromatic N) is 3. The number of carbonyl (C=O) groups is 1. The van der Waals surface area contributed by atoms with Crippen LogP contribution in [-0.2, 0) is 4.74 Å². The average molecular weight is 303 g/mol. The van der Waals surface area contributed by atoms with Gasteiger partial charge in [0.25, 0.3) is 5.96 Å². The van der Waals surface area contributed by atoms with E-state index in [1.807, 2.05) is 0 Å². The van der Waals surface area contributed by atoms with Gasteiger partial charge in [0, 0.05) is 6.54 Å². The normalized spacial score (nSPS) is 23.6. The van der Waals surface area contributed by atoms with Gasteiger partial charge < -0.3 is 25.8 Å². The number of hydrogen-bond donors (Lipinski definition) is 3. The van der Waals surface area contributed by atoms with Crippen molar-refractivity contribution in [2.75, 3.05) is 6.54 Å². The van der Waals surface area contributed by atoms with Crippen LogP contribution in [0.15, 0.2) is 5.10 Å². The van der Waals surface area contributed by atoms with Gasteiger partial charge in [-0.25, -0.2) is 14.9 Å². The van der Waals surface area contributed by atoms with Crippen molar-refractivity contribution in [2.45, 2.75) is 51.5 Å². The van der Waals surface area contributed by atoms with Crippen molar-refractivity contribution < 1.29 is 19.7 Å². The highest BCUT2D eigenvalue weighted by molar-refractivity contribution is 5.78. The predicted molar refractivity (Wildman–Crippen MR) is 73.7 cm³/mol. The number of carbonyl (C=O) groups excluding carboxylic acids is 1. The SMILES string of the molecule is CC(C)(C)OC(=O)NC1CCCN(/C(N)=N/[N+](=O)[O-])C1O. The maximum Gasteiger partial charge on any atom is 0.408 e. The first kappa shape index (κ1) is 17.0. The third-order valence-corrected chi connectivity index (χ3v) is 2.77. The van der Waals surface area contributed by atoms with E-state index >= 15 is 0 Å². The Hall–Kier alpha value is -2.10. The van der Waals surface area contributed by atoms with E-state index in [0.29, 0.717) is 19.4 Å². The van der Waals surface area contributed by atoms with Gasteiger partial charge in [-0.2, -0.15) is 0 Å². The molecule has 0 aromatic rings. The van der Waals surface area contributed by atoms with Gasteiger partial charge >= 0.3 is 6.09 Å². The molecule has 10 nitrogen and oxygen atoms in total. The monoisotopic (exact) mass is 303 g/mol. The van der Waals surface area contributed by atoms with E-state index in [-0.39, 0.29) is 0 Å². The number of aliphatic hydroxyl groups excluding tert-OH is 1. The highest BCUT2D eigenvalue weighted by atomic mass is 16.7. The summed E-state index contributed by atoms with van der Waals surface area (Å²) in [5.74, 6) is -0.400. The smallest absolute Gasteiger partial charge is 0.408 e. The largest absolute Gasteiger partial charge is 0.444 e. The van der Waals surface area contributed by atoms with E-state index in [0.717, 1.165) is 0 Å². The zero-order valence-corrected chi connectivity index (χ0v) is 12.3. The minimum atomic E-state index is -1.20. The van der Waals surface area contributed by atoms with E-state index in [9.17, 15) is 20.0 Å². The lowest BCUT2D eigenvalue weighted by molar-refractivity contribution is -0.486. The van der Waals surface area contributed by atoms with Crippen molar-refractivity contribution in [3.63, 3.8) is 0 Å². The number of nitrogens with one attached hydrogen (secondary N) is 1. The number of piperidine rings is 1. The Morgan fingerprint density at radius 1 is 1.57 bits per heavy atom. The molecule has 1 aliphatic heterocycles. The number of nitrogens with two attached hydrogens (primary N) is 1. The number of alkyl carbamates (subject to hydrolysis) is 1. The number of nitro groups is 1. The molecular weight excluding hydrogens is 282 g/mol. The average Bonchev–Trinajstić information content (AvgIpc) is 2.28. The summed E-state index contributed by atoms with van der Waals surface area (Å²) in [6, 6.07) is -0.644. The number of hydrazone groups is 1. The van der Waals surface area contributed by atoms with Crippen molar-refractivity contribution in [2.24, 2.45) is 10.8 Å². The van der Waals surface area contributed by atoms with Gasteiger partial charge in [0.1, 0.15) is 16.9 Å². The quantitative estimate of drug-likeness (QED) is 0.277.